The summed E-state index contributed by atoms with van der Waals surface area (Å²) in [4.78, 5) is 0. The summed E-state index contributed by atoms with van der Waals surface area (Å²) >= 11 is 0. The van der Waals surface area contributed by atoms with Crippen molar-refractivity contribution in [2.45, 2.75) is 25.0 Å². The fraction of sp³-hybridized carbons (Fsp3) is 0.571. The molecule has 1 fully saturated rings. The van der Waals surface area contributed by atoms with Gasteiger partial charge in [-0.2, -0.15) is 0 Å². The van der Waals surface area contributed by atoms with Gasteiger partial charge in [-0.1, -0.05) is 36.8 Å². The van der Waals surface area contributed by atoms with Crippen LogP contribution in [-0.4, -0.2) is 37.7 Å². The third-order valence-electron chi connectivity index (χ3n) is 4.28. The van der Waals surface area contributed by atoms with E-state index in [1.54, 1.807) is 6.92 Å². The van der Waals surface area contributed by atoms with Crippen molar-refractivity contribution in [1.82, 2.24) is 0 Å². The molecule has 1 aromatic rings. The number of aliphatic hydroxyl groups excluding tert-OH is 1. The Hall–Kier alpha value is -0.910. The number of aliphatic hydroxyl groups is 1. The van der Waals surface area contributed by atoms with E-state index in [9.17, 15) is 13.5 Å². The first-order valence-corrected chi connectivity index (χ1v) is 8.23. The number of hydrogen-bond donors (Lipinski definition) is 2. The van der Waals surface area contributed by atoms with Crippen LogP contribution in [0.4, 0.5) is 0 Å². The molecular formula is C14H21NO3S. The predicted molar refractivity (Wildman–Crippen MR) is 75.7 cm³/mol. The second-order valence-corrected chi connectivity index (χ2v) is 7.77. The maximum atomic E-state index is 12.2. The largest absolute Gasteiger partial charge is 0.396 e. The van der Waals surface area contributed by atoms with Crippen LogP contribution in [-0.2, 0) is 9.84 Å². The van der Waals surface area contributed by atoms with Gasteiger partial charge in [-0.3, -0.25) is 0 Å². The van der Waals surface area contributed by atoms with Crippen LogP contribution in [0.15, 0.2) is 24.3 Å². The molecule has 1 aromatic carbocycles. The van der Waals surface area contributed by atoms with Gasteiger partial charge in [0.15, 0.2) is 9.84 Å². The lowest BCUT2D eigenvalue weighted by molar-refractivity contribution is 0.212. The third-order valence-corrected chi connectivity index (χ3v) is 6.60. The second-order valence-electron chi connectivity index (χ2n) is 5.36. The molecule has 0 amide bonds. The van der Waals surface area contributed by atoms with Crippen LogP contribution >= 0.6 is 0 Å². The van der Waals surface area contributed by atoms with Gasteiger partial charge in [0.25, 0.3) is 0 Å². The van der Waals surface area contributed by atoms with Crippen LogP contribution in [0.2, 0.25) is 0 Å². The first kappa shape index (κ1) is 14.5. The molecule has 19 heavy (non-hydrogen) atoms. The number of benzene rings is 1. The highest BCUT2D eigenvalue weighted by molar-refractivity contribution is 7.92. The zero-order valence-electron chi connectivity index (χ0n) is 11.3. The Bertz CT molecular complexity index is 547. The van der Waals surface area contributed by atoms with Gasteiger partial charge in [-0.15, -0.1) is 0 Å². The van der Waals surface area contributed by atoms with Crippen molar-refractivity contribution >= 4 is 9.84 Å². The summed E-state index contributed by atoms with van der Waals surface area (Å²) in [7, 11) is -3.20. The van der Waals surface area contributed by atoms with Crippen molar-refractivity contribution in [2.75, 3.05) is 18.9 Å². The molecule has 2 rings (SSSR count). The lowest BCUT2D eigenvalue weighted by Gasteiger charge is -2.11. The number of hydrogen-bond acceptors (Lipinski definition) is 4. The highest BCUT2D eigenvalue weighted by atomic mass is 32.2. The van der Waals surface area contributed by atoms with Gasteiger partial charge in [-0.25, -0.2) is 8.42 Å². The molecule has 0 spiro atoms. The summed E-state index contributed by atoms with van der Waals surface area (Å²) in [5.74, 6) is -0.102. The molecule has 1 saturated carbocycles. The van der Waals surface area contributed by atoms with E-state index in [0.29, 0.717) is 0 Å². The number of sulfone groups is 1. The lowest BCUT2D eigenvalue weighted by Crippen LogP contribution is -2.28. The Morgan fingerprint density at radius 2 is 1.89 bits per heavy atom. The Morgan fingerprint density at radius 3 is 2.32 bits per heavy atom. The first-order chi connectivity index (χ1) is 8.93. The summed E-state index contributed by atoms with van der Waals surface area (Å²) in [6.07, 6.45) is 0. The molecule has 0 unspecified atom stereocenters. The maximum Gasteiger partial charge on any atom is 0.154 e. The topological polar surface area (TPSA) is 80.4 Å². The van der Waals surface area contributed by atoms with Crippen LogP contribution in [0.3, 0.4) is 0 Å². The monoisotopic (exact) mass is 283 g/mol. The average Bonchev–Trinajstić information content (AvgIpc) is 3.10. The second kappa shape index (κ2) is 4.89. The third kappa shape index (κ3) is 2.20. The average molecular weight is 283 g/mol. The standard InChI is InChI=1S/C14H21NO3S/c1-3-19(17,18)13-12(14(13,8-15)9-16)11-6-4-10(2)5-7-11/h4-7,12-13,16H,3,8-9,15H2,1-2H3/t12-,13-,14+/m1/s1. The van der Waals surface area contributed by atoms with Crippen molar-refractivity contribution in [2.24, 2.45) is 11.1 Å². The molecule has 0 aliphatic heterocycles. The first-order valence-electron chi connectivity index (χ1n) is 6.52. The van der Waals surface area contributed by atoms with Crippen LogP contribution in [0.5, 0.6) is 0 Å². The molecule has 0 radical (unpaired) electrons. The smallest absolute Gasteiger partial charge is 0.154 e. The molecule has 106 valence electrons. The summed E-state index contributed by atoms with van der Waals surface area (Å²) in [5, 5.41) is 9.07. The molecule has 3 atom stereocenters. The van der Waals surface area contributed by atoms with Crippen molar-refractivity contribution in [3.63, 3.8) is 0 Å². The molecule has 5 heteroatoms. The highest BCUT2D eigenvalue weighted by Gasteiger charge is 2.69. The minimum atomic E-state index is -3.20. The molecule has 0 bridgehead atoms. The quantitative estimate of drug-likeness (QED) is 0.839. The van der Waals surface area contributed by atoms with E-state index in [4.69, 9.17) is 5.73 Å². The van der Waals surface area contributed by atoms with E-state index >= 15 is 0 Å². The summed E-state index contributed by atoms with van der Waals surface area (Å²) in [6.45, 7) is 3.62. The van der Waals surface area contributed by atoms with Crippen LogP contribution in [0.25, 0.3) is 0 Å². The molecule has 4 nitrogen and oxygen atoms in total. The number of aryl methyl sites for hydroxylation is 1. The Kier molecular flexibility index (Phi) is 3.73. The Labute approximate surface area is 114 Å². The zero-order chi connectivity index (χ0) is 14.3. The van der Waals surface area contributed by atoms with E-state index < -0.39 is 20.5 Å². The van der Waals surface area contributed by atoms with Gasteiger partial charge in [-0.05, 0) is 12.5 Å². The van der Waals surface area contributed by atoms with E-state index in [0.717, 1.165) is 11.1 Å². The fourth-order valence-corrected chi connectivity index (χ4v) is 5.13. The lowest BCUT2D eigenvalue weighted by atomic mass is 9.99. The van der Waals surface area contributed by atoms with Gasteiger partial charge in [0, 0.05) is 23.6 Å². The van der Waals surface area contributed by atoms with Crippen LogP contribution < -0.4 is 5.73 Å². The Balaban J connectivity index is 2.42. The van der Waals surface area contributed by atoms with Crippen LogP contribution in [0.1, 0.15) is 24.0 Å². The predicted octanol–water partition coefficient (Wildman–Crippen LogP) is 0.833. The van der Waals surface area contributed by atoms with Crippen molar-refractivity contribution in [3.8, 4) is 0 Å². The summed E-state index contributed by atoms with van der Waals surface area (Å²) in [6, 6.07) is 7.79. The molecule has 1 aliphatic rings. The minimum absolute atomic E-state index is 0.0851. The van der Waals surface area contributed by atoms with Crippen LogP contribution in [0, 0.1) is 12.3 Å². The van der Waals surface area contributed by atoms with Crippen molar-refractivity contribution in [3.05, 3.63) is 35.4 Å². The van der Waals surface area contributed by atoms with Gasteiger partial charge in [0.2, 0.25) is 0 Å². The van der Waals surface area contributed by atoms with Crippen molar-refractivity contribution < 1.29 is 13.5 Å². The molecular weight excluding hydrogens is 262 g/mol. The highest BCUT2D eigenvalue weighted by Crippen LogP contribution is 2.62. The SMILES string of the molecule is CCS(=O)(=O)[C@@H]1[C@@H](c2ccc(C)cc2)[C@]1(CN)CO. The molecule has 0 heterocycles. The molecule has 0 saturated heterocycles. The minimum Gasteiger partial charge on any atom is -0.396 e. The molecule has 0 aromatic heterocycles. The molecule has 3 N–H and O–H groups in total. The zero-order valence-corrected chi connectivity index (χ0v) is 12.2. The Morgan fingerprint density at radius 1 is 1.32 bits per heavy atom. The van der Waals surface area contributed by atoms with Gasteiger partial charge in [0.1, 0.15) is 0 Å². The number of rotatable bonds is 5. The molecule has 1 aliphatic carbocycles. The van der Waals surface area contributed by atoms with Gasteiger partial charge >= 0.3 is 0 Å². The maximum absolute atomic E-state index is 12.2. The van der Waals surface area contributed by atoms with Gasteiger partial charge in [0.05, 0.1) is 11.9 Å². The van der Waals surface area contributed by atoms with E-state index in [2.05, 4.69) is 0 Å². The number of nitrogens with two attached hydrogens (primary N) is 1. The van der Waals surface area contributed by atoms with E-state index in [1.165, 1.54) is 0 Å². The normalized spacial score (nSPS) is 30.3. The van der Waals surface area contributed by atoms with E-state index in [1.807, 2.05) is 31.2 Å². The van der Waals surface area contributed by atoms with Crippen molar-refractivity contribution in [1.29, 1.82) is 0 Å². The van der Waals surface area contributed by atoms with E-state index in [-0.39, 0.29) is 24.8 Å². The van der Waals surface area contributed by atoms with Gasteiger partial charge < -0.3 is 10.8 Å². The summed E-state index contributed by atoms with van der Waals surface area (Å²) in [5.41, 5.74) is 7.13. The fourth-order valence-electron chi connectivity index (χ4n) is 2.97. The summed E-state index contributed by atoms with van der Waals surface area (Å²) < 4.78 is 24.4.